The molecule has 0 spiro atoms. The molecule has 0 radical (unpaired) electrons. The first-order chi connectivity index (χ1) is 31.0. The lowest BCUT2D eigenvalue weighted by atomic mass is 10.1. The highest BCUT2D eigenvalue weighted by Gasteiger charge is 2.19. The van der Waals surface area contributed by atoms with Crippen molar-refractivity contribution in [2.75, 3.05) is 13.2 Å². The fourth-order valence-electron chi connectivity index (χ4n) is 6.86. The van der Waals surface area contributed by atoms with Gasteiger partial charge in [0.05, 0.1) is 0 Å². The predicted molar refractivity (Wildman–Crippen MR) is 270 cm³/mol. The van der Waals surface area contributed by atoms with Crippen LogP contribution in [0.25, 0.3) is 0 Å². The molecular weight excluding hydrogens is 781 g/mol. The molecule has 0 aliphatic heterocycles. The van der Waals surface area contributed by atoms with Crippen molar-refractivity contribution in [3.63, 3.8) is 0 Å². The fourth-order valence-corrected chi connectivity index (χ4v) is 6.86. The van der Waals surface area contributed by atoms with E-state index in [-0.39, 0.29) is 37.5 Å². The second-order valence-corrected chi connectivity index (χ2v) is 17.1. The third-order valence-electron chi connectivity index (χ3n) is 10.8. The summed E-state index contributed by atoms with van der Waals surface area (Å²) in [4.78, 5) is 38.0. The van der Waals surface area contributed by atoms with E-state index in [0.29, 0.717) is 19.3 Å². The topological polar surface area (TPSA) is 78.9 Å². The second kappa shape index (κ2) is 51.2. The van der Waals surface area contributed by atoms with Gasteiger partial charge in [0.15, 0.2) is 6.10 Å². The lowest BCUT2D eigenvalue weighted by molar-refractivity contribution is -0.167. The Morgan fingerprint density at radius 1 is 0.317 bits per heavy atom. The Hall–Kier alpha value is -3.41. The Bertz CT molecular complexity index is 1240. The van der Waals surface area contributed by atoms with Crippen LogP contribution in [0.1, 0.15) is 239 Å². The highest BCUT2D eigenvalue weighted by molar-refractivity contribution is 5.71. The smallest absolute Gasteiger partial charge is 0.306 e. The minimum atomic E-state index is -0.815. The van der Waals surface area contributed by atoms with Crippen molar-refractivity contribution in [2.45, 2.75) is 245 Å². The molecule has 0 fully saturated rings. The number of allylic oxidation sites excluding steroid dienone is 14. The van der Waals surface area contributed by atoms with Crippen molar-refractivity contribution in [3.8, 4) is 0 Å². The van der Waals surface area contributed by atoms with Gasteiger partial charge in [-0.25, -0.2) is 0 Å². The van der Waals surface area contributed by atoms with E-state index in [1.807, 2.05) is 0 Å². The summed E-state index contributed by atoms with van der Waals surface area (Å²) in [7, 11) is 0. The zero-order chi connectivity index (χ0) is 45.8. The summed E-state index contributed by atoms with van der Waals surface area (Å²) in [5.74, 6) is -0.996. The maximum atomic E-state index is 12.8. The summed E-state index contributed by atoms with van der Waals surface area (Å²) in [6.07, 6.45) is 65.6. The van der Waals surface area contributed by atoms with Gasteiger partial charge in [-0.15, -0.1) is 0 Å². The van der Waals surface area contributed by atoms with Gasteiger partial charge in [0, 0.05) is 19.3 Å². The number of esters is 3. The maximum Gasteiger partial charge on any atom is 0.306 e. The summed E-state index contributed by atoms with van der Waals surface area (Å²) in [5.41, 5.74) is 0. The van der Waals surface area contributed by atoms with Gasteiger partial charge in [-0.2, -0.15) is 0 Å². The third kappa shape index (κ3) is 49.5. The monoisotopic (exact) mass is 877 g/mol. The minimum Gasteiger partial charge on any atom is -0.462 e. The van der Waals surface area contributed by atoms with Crippen LogP contribution < -0.4 is 0 Å². The molecule has 1 unspecified atom stereocenters. The standard InChI is InChI=1S/C57H96O6/c1-4-7-10-13-16-19-22-25-28-31-34-37-40-43-46-49-55(58)61-52-54(63-57(60)51-48-45-42-39-36-33-30-27-24-21-18-15-12-9-6-3)53-62-56(59)50-47-44-41-38-35-32-29-26-23-20-17-14-11-8-5-2/h16,18-19,21,25-30,34,36-37,39,54H,4-15,17,20,22-24,31-33,35,38,40-53H2,1-3H3/b19-16-,21-18-,28-25-,29-26-,30-27-,37-34-,39-36-. The lowest BCUT2D eigenvalue weighted by Gasteiger charge is -2.18. The Balaban J connectivity index is 4.53. The van der Waals surface area contributed by atoms with Crippen molar-refractivity contribution in [3.05, 3.63) is 85.1 Å². The quantitative estimate of drug-likeness (QED) is 0.0262. The molecule has 0 N–H and O–H groups in total. The molecule has 63 heavy (non-hydrogen) atoms. The number of ether oxygens (including phenoxy) is 3. The van der Waals surface area contributed by atoms with E-state index in [4.69, 9.17) is 14.2 Å². The first-order valence-electron chi connectivity index (χ1n) is 26.1. The average Bonchev–Trinajstić information content (AvgIpc) is 3.28. The number of carbonyl (C=O) groups is 3. The Kier molecular flexibility index (Phi) is 48.5. The molecule has 0 aromatic heterocycles. The third-order valence-corrected chi connectivity index (χ3v) is 10.8. The molecule has 0 saturated heterocycles. The summed E-state index contributed by atoms with van der Waals surface area (Å²) >= 11 is 0. The zero-order valence-corrected chi connectivity index (χ0v) is 41.1. The molecule has 0 amide bonds. The van der Waals surface area contributed by atoms with Gasteiger partial charge in [-0.3, -0.25) is 14.4 Å². The highest BCUT2D eigenvalue weighted by Crippen LogP contribution is 2.12. The summed E-state index contributed by atoms with van der Waals surface area (Å²) < 4.78 is 16.7. The molecule has 0 bridgehead atoms. The predicted octanol–water partition coefficient (Wildman–Crippen LogP) is 17.2. The highest BCUT2D eigenvalue weighted by atomic mass is 16.6. The van der Waals surface area contributed by atoms with Crippen molar-refractivity contribution in [2.24, 2.45) is 0 Å². The van der Waals surface area contributed by atoms with E-state index < -0.39 is 6.10 Å². The van der Waals surface area contributed by atoms with E-state index in [9.17, 15) is 14.4 Å². The van der Waals surface area contributed by atoms with Crippen LogP contribution in [-0.4, -0.2) is 37.2 Å². The summed E-state index contributed by atoms with van der Waals surface area (Å²) in [5, 5.41) is 0. The van der Waals surface area contributed by atoms with Gasteiger partial charge in [0.2, 0.25) is 0 Å². The van der Waals surface area contributed by atoms with Crippen LogP contribution in [0.5, 0.6) is 0 Å². The molecular formula is C57H96O6. The lowest BCUT2D eigenvalue weighted by Crippen LogP contribution is -2.30. The second-order valence-electron chi connectivity index (χ2n) is 17.1. The normalized spacial score (nSPS) is 12.7. The fraction of sp³-hybridized carbons (Fsp3) is 0.702. The Morgan fingerprint density at radius 2 is 0.571 bits per heavy atom. The van der Waals surface area contributed by atoms with Crippen LogP contribution in [0.15, 0.2) is 85.1 Å². The number of carbonyl (C=O) groups excluding carboxylic acids is 3. The first-order valence-corrected chi connectivity index (χ1v) is 26.1. The van der Waals surface area contributed by atoms with E-state index in [1.54, 1.807) is 0 Å². The van der Waals surface area contributed by atoms with Gasteiger partial charge in [-0.1, -0.05) is 183 Å². The van der Waals surface area contributed by atoms with E-state index >= 15 is 0 Å². The molecule has 6 nitrogen and oxygen atoms in total. The number of unbranched alkanes of at least 4 members (excludes halogenated alkanes) is 21. The molecule has 0 aliphatic carbocycles. The first kappa shape index (κ1) is 59.6. The van der Waals surface area contributed by atoms with Gasteiger partial charge in [0.25, 0.3) is 0 Å². The van der Waals surface area contributed by atoms with E-state index in [0.717, 1.165) is 89.9 Å². The maximum absolute atomic E-state index is 12.8. The van der Waals surface area contributed by atoms with Crippen molar-refractivity contribution >= 4 is 17.9 Å². The van der Waals surface area contributed by atoms with Crippen LogP contribution in [0.3, 0.4) is 0 Å². The Morgan fingerprint density at radius 3 is 0.968 bits per heavy atom. The van der Waals surface area contributed by atoms with Crippen molar-refractivity contribution in [1.82, 2.24) is 0 Å². The number of rotatable bonds is 46. The molecule has 0 rings (SSSR count). The van der Waals surface area contributed by atoms with Crippen LogP contribution >= 0.6 is 0 Å². The van der Waals surface area contributed by atoms with Gasteiger partial charge >= 0.3 is 17.9 Å². The summed E-state index contributed by atoms with van der Waals surface area (Å²) in [6.45, 7) is 6.50. The van der Waals surface area contributed by atoms with Crippen LogP contribution in [0.4, 0.5) is 0 Å². The molecule has 0 aliphatic rings. The molecule has 1 atom stereocenters. The molecule has 360 valence electrons. The zero-order valence-electron chi connectivity index (χ0n) is 41.1. The summed E-state index contributed by atoms with van der Waals surface area (Å²) in [6, 6.07) is 0. The Labute approximate surface area is 388 Å². The number of hydrogen-bond donors (Lipinski definition) is 0. The molecule has 0 heterocycles. The molecule has 0 aromatic rings. The molecule has 0 saturated carbocycles. The van der Waals surface area contributed by atoms with Crippen LogP contribution in [0.2, 0.25) is 0 Å². The van der Waals surface area contributed by atoms with Gasteiger partial charge in [0.1, 0.15) is 13.2 Å². The van der Waals surface area contributed by atoms with Crippen LogP contribution in [0, 0.1) is 0 Å². The molecule has 6 heteroatoms. The van der Waals surface area contributed by atoms with E-state index in [1.165, 1.54) is 103 Å². The van der Waals surface area contributed by atoms with Crippen LogP contribution in [-0.2, 0) is 28.6 Å². The largest absolute Gasteiger partial charge is 0.462 e. The van der Waals surface area contributed by atoms with Crippen molar-refractivity contribution < 1.29 is 28.6 Å². The average molecular weight is 877 g/mol. The minimum absolute atomic E-state index is 0.109. The van der Waals surface area contributed by atoms with Gasteiger partial charge in [-0.05, 0) is 122 Å². The van der Waals surface area contributed by atoms with Crippen molar-refractivity contribution in [1.29, 1.82) is 0 Å². The SMILES string of the molecule is CCCCC/C=C\C/C=C\C/C=C\CCCCC(=O)OCC(COC(=O)CCCCCCC/C=C\CCCCCCCC)OC(=O)CCCC/C=C\C/C=C\C/C=C\CCCCC. The van der Waals surface area contributed by atoms with E-state index in [2.05, 4.69) is 106 Å². The molecule has 0 aromatic carbocycles. The number of hydrogen-bond acceptors (Lipinski definition) is 6. The van der Waals surface area contributed by atoms with Gasteiger partial charge < -0.3 is 14.2 Å².